The molecule has 0 spiro atoms. The van der Waals surface area contributed by atoms with Crippen LogP contribution in [0.4, 0.5) is 0 Å². The maximum absolute atomic E-state index is 8.67. The fourth-order valence-corrected chi connectivity index (χ4v) is 1.35. The van der Waals surface area contributed by atoms with E-state index in [0.717, 1.165) is 11.1 Å². The van der Waals surface area contributed by atoms with Crippen molar-refractivity contribution in [1.82, 2.24) is 0 Å². The quantitative estimate of drug-likeness (QED) is 0.821. The van der Waals surface area contributed by atoms with Crippen LogP contribution < -0.4 is 10.5 Å². The highest BCUT2D eigenvalue weighted by Gasteiger charge is 2.10. The van der Waals surface area contributed by atoms with Crippen LogP contribution in [0, 0.1) is 18.3 Å². The third kappa shape index (κ3) is 2.97. The first kappa shape index (κ1) is 11.5. The van der Waals surface area contributed by atoms with Crippen LogP contribution in [0.5, 0.6) is 5.75 Å². The van der Waals surface area contributed by atoms with Gasteiger partial charge in [-0.1, -0.05) is 17.7 Å². The molecule has 0 radical (unpaired) electrons. The van der Waals surface area contributed by atoms with Gasteiger partial charge in [-0.3, -0.25) is 0 Å². The Kier molecular flexibility index (Phi) is 3.70. The Labute approximate surface area is 90.5 Å². The number of nitriles is 1. The Balaban J connectivity index is 3.02. The second-order valence-corrected chi connectivity index (χ2v) is 3.72. The third-order valence-corrected chi connectivity index (χ3v) is 2.14. The highest BCUT2D eigenvalue weighted by atomic mass is 16.5. The van der Waals surface area contributed by atoms with Gasteiger partial charge in [0.15, 0.2) is 6.10 Å². The molecular weight excluding hydrogens is 188 g/mol. The van der Waals surface area contributed by atoms with Gasteiger partial charge in [-0.2, -0.15) is 5.26 Å². The molecule has 1 aromatic rings. The number of aryl methyl sites for hydroxylation is 1. The maximum atomic E-state index is 8.67. The lowest BCUT2D eigenvalue weighted by Crippen LogP contribution is -2.13. The van der Waals surface area contributed by atoms with Crippen LogP contribution in [-0.2, 0) is 0 Å². The molecule has 0 saturated heterocycles. The minimum Gasteiger partial charge on any atom is -0.476 e. The van der Waals surface area contributed by atoms with Crippen molar-refractivity contribution in [3.63, 3.8) is 0 Å². The molecule has 0 aliphatic heterocycles. The molecule has 3 nitrogen and oxygen atoms in total. The summed E-state index contributed by atoms with van der Waals surface area (Å²) in [6.07, 6.45) is -0.454. The normalized spacial score (nSPS) is 14.1. The molecule has 1 aromatic carbocycles. The molecule has 0 amide bonds. The van der Waals surface area contributed by atoms with Gasteiger partial charge in [0.1, 0.15) is 11.8 Å². The van der Waals surface area contributed by atoms with E-state index in [-0.39, 0.29) is 6.04 Å². The number of nitrogens with two attached hydrogens (primary N) is 1. The molecule has 0 aliphatic rings. The van der Waals surface area contributed by atoms with E-state index in [4.69, 9.17) is 15.7 Å². The summed E-state index contributed by atoms with van der Waals surface area (Å²) < 4.78 is 5.47. The van der Waals surface area contributed by atoms with E-state index in [1.165, 1.54) is 0 Å². The zero-order valence-corrected chi connectivity index (χ0v) is 9.32. The largest absolute Gasteiger partial charge is 0.476 e. The van der Waals surface area contributed by atoms with Crippen molar-refractivity contribution in [1.29, 1.82) is 5.26 Å². The SMILES string of the molecule is Cc1ccc(OC(C)C#N)c([C@H](C)N)c1. The lowest BCUT2D eigenvalue weighted by molar-refractivity contribution is 0.272. The van der Waals surface area contributed by atoms with E-state index < -0.39 is 6.10 Å². The van der Waals surface area contributed by atoms with Crippen molar-refractivity contribution in [2.24, 2.45) is 5.73 Å². The predicted octanol–water partition coefficient (Wildman–Crippen LogP) is 2.31. The topological polar surface area (TPSA) is 59.0 Å². The van der Waals surface area contributed by atoms with Crippen molar-refractivity contribution >= 4 is 0 Å². The number of benzene rings is 1. The van der Waals surface area contributed by atoms with Crippen LogP contribution in [0.25, 0.3) is 0 Å². The minimum absolute atomic E-state index is 0.0919. The number of nitrogens with zero attached hydrogens (tertiary/aromatic N) is 1. The van der Waals surface area contributed by atoms with Crippen LogP contribution >= 0.6 is 0 Å². The lowest BCUT2D eigenvalue weighted by Gasteiger charge is -2.15. The maximum Gasteiger partial charge on any atom is 0.181 e. The fourth-order valence-electron chi connectivity index (χ4n) is 1.35. The van der Waals surface area contributed by atoms with Crippen molar-refractivity contribution < 1.29 is 4.74 Å². The average molecular weight is 204 g/mol. The second kappa shape index (κ2) is 4.81. The van der Waals surface area contributed by atoms with Crippen molar-refractivity contribution in [2.75, 3.05) is 0 Å². The molecule has 0 bridgehead atoms. The molecule has 80 valence electrons. The molecule has 1 rings (SSSR count). The van der Waals surface area contributed by atoms with E-state index in [0.29, 0.717) is 5.75 Å². The Morgan fingerprint density at radius 3 is 2.60 bits per heavy atom. The molecule has 0 saturated carbocycles. The minimum atomic E-state index is -0.454. The van der Waals surface area contributed by atoms with Crippen LogP contribution in [-0.4, -0.2) is 6.10 Å². The third-order valence-electron chi connectivity index (χ3n) is 2.14. The molecule has 0 fully saturated rings. The standard InChI is InChI=1S/C12H16N2O/c1-8-4-5-12(15-9(2)7-13)11(6-8)10(3)14/h4-6,9-10H,14H2,1-3H3/t9?,10-/m0/s1. The van der Waals surface area contributed by atoms with E-state index in [2.05, 4.69) is 0 Å². The Hall–Kier alpha value is -1.53. The molecular formula is C12H16N2O. The zero-order valence-electron chi connectivity index (χ0n) is 9.32. The molecule has 2 atom stereocenters. The zero-order chi connectivity index (χ0) is 11.4. The number of rotatable bonds is 3. The predicted molar refractivity (Wildman–Crippen MR) is 59.5 cm³/mol. The summed E-state index contributed by atoms with van der Waals surface area (Å²) in [5.41, 5.74) is 7.92. The van der Waals surface area contributed by atoms with Gasteiger partial charge in [0.25, 0.3) is 0 Å². The average Bonchev–Trinajstić information content (AvgIpc) is 2.20. The van der Waals surface area contributed by atoms with Crippen LogP contribution in [0.15, 0.2) is 18.2 Å². The molecule has 2 N–H and O–H groups in total. The molecule has 0 heterocycles. The van der Waals surface area contributed by atoms with E-state index in [9.17, 15) is 0 Å². The summed E-state index contributed by atoms with van der Waals surface area (Å²) in [4.78, 5) is 0. The first-order valence-electron chi connectivity index (χ1n) is 4.97. The molecule has 1 unspecified atom stereocenters. The van der Waals surface area contributed by atoms with Gasteiger partial charge in [0.05, 0.1) is 0 Å². The summed E-state index contributed by atoms with van der Waals surface area (Å²) in [7, 11) is 0. The molecule has 0 aromatic heterocycles. The Morgan fingerprint density at radius 1 is 1.40 bits per heavy atom. The molecule has 3 heteroatoms. The summed E-state index contributed by atoms with van der Waals surface area (Å²) in [5.74, 6) is 0.699. The Morgan fingerprint density at radius 2 is 2.07 bits per heavy atom. The highest BCUT2D eigenvalue weighted by molar-refractivity contribution is 5.39. The first-order valence-corrected chi connectivity index (χ1v) is 4.97. The van der Waals surface area contributed by atoms with E-state index in [1.807, 2.05) is 38.1 Å². The summed E-state index contributed by atoms with van der Waals surface area (Å²) in [6.45, 7) is 5.62. The summed E-state index contributed by atoms with van der Waals surface area (Å²) >= 11 is 0. The summed E-state index contributed by atoms with van der Waals surface area (Å²) in [6, 6.07) is 7.74. The monoisotopic (exact) mass is 204 g/mol. The highest BCUT2D eigenvalue weighted by Crippen LogP contribution is 2.25. The number of hydrogen-bond acceptors (Lipinski definition) is 3. The molecule has 15 heavy (non-hydrogen) atoms. The number of ether oxygens (including phenoxy) is 1. The smallest absolute Gasteiger partial charge is 0.181 e. The van der Waals surface area contributed by atoms with Crippen molar-refractivity contribution in [3.05, 3.63) is 29.3 Å². The van der Waals surface area contributed by atoms with Crippen LogP contribution in [0.3, 0.4) is 0 Å². The number of hydrogen-bond donors (Lipinski definition) is 1. The van der Waals surface area contributed by atoms with Gasteiger partial charge in [0, 0.05) is 11.6 Å². The van der Waals surface area contributed by atoms with Crippen molar-refractivity contribution in [3.8, 4) is 11.8 Å². The van der Waals surface area contributed by atoms with E-state index in [1.54, 1.807) is 6.92 Å². The van der Waals surface area contributed by atoms with Gasteiger partial charge in [-0.15, -0.1) is 0 Å². The summed E-state index contributed by atoms with van der Waals surface area (Å²) in [5, 5.41) is 8.67. The second-order valence-electron chi connectivity index (χ2n) is 3.72. The van der Waals surface area contributed by atoms with Gasteiger partial charge in [-0.05, 0) is 26.8 Å². The first-order chi connectivity index (χ1) is 7.04. The van der Waals surface area contributed by atoms with Gasteiger partial charge < -0.3 is 10.5 Å². The Bertz CT molecular complexity index is 380. The van der Waals surface area contributed by atoms with Gasteiger partial charge >= 0.3 is 0 Å². The fraction of sp³-hybridized carbons (Fsp3) is 0.417. The van der Waals surface area contributed by atoms with Crippen molar-refractivity contribution in [2.45, 2.75) is 32.9 Å². The van der Waals surface area contributed by atoms with Gasteiger partial charge in [0.2, 0.25) is 0 Å². The lowest BCUT2D eigenvalue weighted by atomic mass is 10.1. The van der Waals surface area contributed by atoms with Gasteiger partial charge in [-0.25, -0.2) is 0 Å². The van der Waals surface area contributed by atoms with E-state index >= 15 is 0 Å². The molecule has 0 aliphatic carbocycles. The van der Waals surface area contributed by atoms with Crippen LogP contribution in [0.2, 0.25) is 0 Å². The van der Waals surface area contributed by atoms with Crippen LogP contribution in [0.1, 0.15) is 31.0 Å².